The van der Waals surface area contributed by atoms with Gasteiger partial charge in [-0.05, 0) is 13.0 Å². The minimum Gasteiger partial charge on any atom is -0.307 e. The van der Waals surface area contributed by atoms with Crippen molar-refractivity contribution in [3.05, 3.63) is 0 Å². The second-order valence-electron chi connectivity index (χ2n) is 2.07. The van der Waals surface area contributed by atoms with E-state index in [2.05, 4.69) is 5.32 Å². The van der Waals surface area contributed by atoms with Crippen LogP contribution in [0.4, 0.5) is 0 Å². The molecule has 1 fully saturated rings. The molecule has 0 spiro atoms. The molecule has 0 aromatic carbocycles. The van der Waals surface area contributed by atoms with Gasteiger partial charge in [-0.3, -0.25) is 4.79 Å². The van der Waals surface area contributed by atoms with Gasteiger partial charge >= 0.3 is 0 Å². The van der Waals surface area contributed by atoms with E-state index < -0.39 is 0 Å². The molecule has 0 radical (unpaired) electrons. The molecule has 3 heteroatoms. The van der Waals surface area contributed by atoms with Gasteiger partial charge in [0.25, 0.3) is 0 Å². The van der Waals surface area contributed by atoms with E-state index in [1.807, 2.05) is 6.92 Å². The van der Waals surface area contributed by atoms with Crippen molar-refractivity contribution in [2.45, 2.75) is 19.4 Å². The second kappa shape index (κ2) is 3.22. The van der Waals surface area contributed by atoms with Gasteiger partial charge in [0, 0.05) is 5.75 Å². The maximum Gasteiger partial charge on any atom is 0.205 e. The highest BCUT2D eigenvalue weighted by molar-refractivity contribution is 8.14. The van der Waals surface area contributed by atoms with Crippen molar-refractivity contribution in [1.29, 1.82) is 0 Å². The van der Waals surface area contributed by atoms with Crippen molar-refractivity contribution < 1.29 is 4.79 Å². The van der Waals surface area contributed by atoms with Crippen molar-refractivity contribution in [2.24, 2.45) is 0 Å². The Kier molecular flexibility index (Phi) is 2.54. The molecule has 1 aliphatic heterocycles. The van der Waals surface area contributed by atoms with Gasteiger partial charge in [0.05, 0.1) is 6.04 Å². The van der Waals surface area contributed by atoms with Crippen LogP contribution in [0.1, 0.15) is 13.3 Å². The Balaban J connectivity index is 2.31. The number of hydrogen-bond acceptors (Lipinski definition) is 3. The minimum atomic E-state index is 0.153. The summed E-state index contributed by atoms with van der Waals surface area (Å²) in [5.74, 6) is 0.997. The molecule has 0 saturated carbocycles. The van der Waals surface area contributed by atoms with Gasteiger partial charge in [-0.1, -0.05) is 18.7 Å². The number of nitrogens with one attached hydrogen (secondary N) is 1. The molecule has 0 amide bonds. The zero-order chi connectivity index (χ0) is 6.69. The smallest absolute Gasteiger partial charge is 0.205 e. The predicted octanol–water partition coefficient (Wildman–Crippen LogP) is 0.628. The topological polar surface area (TPSA) is 29.1 Å². The van der Waals surface area contributed by atoms with Crippen molar-refractivity contribution in [1.82, 2.24) is 5.32 Å². The van der Waals surface area contributed by atoms with Crippen molar-refractivity contribution >= 4 is 16.9 Å². The molecule has 0 aliphatic carbocycles. The fourth-order valence-electron chi connectivity index (χ4n) is 0.928. The Morgan fingerprint density at radius 1 is 1.89 bits per heavy atom. The van der Waals surface area contributed by atoms with E-state index >= 15 is 0 Å². The summed E-state index contributed by atoms with van der Waals surface area (Å²) in [6.07, 6.45) is 1.01. The number of likely N-dealkylation sites (N-methyl/N-ethyl adjacent to an activating group) is 1. The van der Waals surface area contributed by atoms with E-state index in [4.69, 9.17) is 0 Å². The van der Waals surface area contributed by atoms with Gasteiger partial charge in [0.1, 0.15) is 0 Å². The summed E-state index contributed by atoms with van der Waals surface area (Å²) in [5.41, 5.74) is 0. The van der Waals surface area contributed by atoms with Gasteiger partial charge < -0.3 is 5.32 Å². The largest absolute Gasteiger partial charge is 0.307 e. The lowest BCUT2D eigenvalue weighted by Gasteiger charge is -2.04. The summed E-state index contributed by atoms with van der Waals surface area (Å²) >= 11 is 1.44. The summed E-state index contributed by atoms with van der Waals surface area (Å²) in [4.78, 5) is 10.9. The van der Waals surface area contributed by atoms with E-state index in [1.54, 1.807) is 0 Å². The molecule has 0 aromatic rings. The third-order valence-corrected chi connectivity index (χ3v) is 2.39. The molecule has 2 nitrogen and oxygen atoms in total. The van der Waals surface area contributed by atoms with E-state index in [1.165, 1.54) is 11.8 Å². The van der Waals surface area contributed by atoms with Crippen LogP contribution in [0.2, 0.25) is 0 Å². The molecule has 1 atom stereocenters. The second-order valence-corrected chi connectivity index (χ2v) is 3.17. The standard InChI is InChI=1S/C6H11NOS/c1-2-7-5-3-4-9-6(5)8/h5,7H,2-4H2,1H3. The first kappa shape index (κ1) is 7.09. The van der Waals surface area contributed by atoms with Crippen LogP contribution in [0.3, 0.4) is 0 Å². The Labute approximate surface area is 59.4 Å². The molecule has 9 heavy (non-hydrogen) atoms. The van der Waals surface area contributed by atoms with Crippen LogP contribution in [-0.2, 0) is 4.79 Å². The van der Waals surface area contributed by atoms with Crippen LogP contribution in [0.5, 0.6) is 0 Å². The number of carbonyl (C=O) groups excluding carboxylic acids is 1. The SMILES string of the molecule is CCNC1CCSC1=O. The van der Waals surface area contributed by atoms with Gasteiger partial charge in [-0.25, -0.2) is 0 Å². The lowest BCUT2D eigenvalue weighted by atomic mass is 10.2. The van der Waals surface area contributed by atoms with E-state index in [0.717, 1.165) is 18.7 Å². The van der Waals surface area contributed by atoms with Crippen LogP contribution >= 0.6 is 11.8 Å². The number of rotatable bonds is 2. The monoisotopic (exact) mass is 145 g/mol. The molecule has 0 bridgehead atoms. The lowest BCUT2D eigenvalue weighted by Crippen LogP contribution is -2.31. The normalized spacial score (nSPS) is 27.2. The minimum absolute atomic E-state index is 0.153. The highest BCUT2D eigenvalue weighted by Gasteiger charge is 2.23. The molecule has 52 valence electrons. The Morgan fingerprint density at radius 2 is 2.67 bits per heavy atom. The number of thioether (sulfide) groups is 1. The molecule has 1 rings (SSSR count). The van der Waals surface area contributed by atoms with Gasteiger partial charge in [-0.2, -0.15) is 0 Å². The molecule has 1 saturated heterocycles. The quantitative estimate of drug-likeness (QED) is 0.618. The average Bonchev–Trinajstić information content (AvgIpc) is 2.18. The van der Waals surface area contributed by atoms with E-state index in [0.29, 0.717) is 5.12 Å². The van der Waals surface area contributed by atoms with Gasteiger partial charge in [0.15, 0.2) is 0 Å². The average molecular weight is 145 g/mol. The van der Waals surface area contributed by atoms with Crippen molar-refractivity contribution in [3.8, 4) is 0 Å². The van der Waals surface area contributed by atoms with E-state index in [-0.39, 0.29) is 6.04 Å². The summed E-state index contributed by atoms with van der Waals surface area (Å²) in [7, 11) is 0. The zero-order valence-electron chi connectivity index (χ0n) is 5.52. The first-order chi connectivity index (χ1) is 4.34. The van der Waals surface area contributed by atoms with Crippen LogP contribution in [-0.4, -0.2) is 23.5 Å². The van der Waals surface area contributed by atoms with Crippen molar-refractivity contribution in [2.75, 3.05) is 12.3 Å². The van der Waals surface area contributed by atoms with Gasteiger partial charge in [-0.15, -0.1) is 0 Å². The van der Waals surface area contributed by atoms with E-state index in [9.17, 15) is 4.79 Å². The summed E-state index contributed by atoms with van der Waals surface area (Å²) in [6.45, 7) is 2.92. The van der Waals surface area contributed by atoms with Crippen LogP contribution in [0.25, 0.3) is 0 Å². The highest BCUT2D eigenvalue weighted by atomic mass is 32.2. The maximum absolute atomic E-state index is 10.9. The lowest BCUT2D eigenvalue weighted by molar-refractivity contribution is -0.112. The predicted molar refractivity (Wildman–Crippen MR) is 39.5 cm³/mol. The number of carbonyl (C=O) groups is 1. The Hall–Kier alpha value is -0.0200. The third kappa shape index (κ3) is 1.69. The fourth-order valence-corrected chi connectivity index (χ4v) is 1.88. The molecule has 1 heterocycles. The Morgan fingerprint density at radius 3 is 3.11 bits per heavy atom. The number of hydrogen-bond donors (Lipinski definition) is 1. The molecule has 0 aromatic heterocycles. The summed E-state index contributed by atoms with van der Waals surface area (Å²) in [6, 6.07) is 0.153. The van der Waals surface area contributed by atoms with Crippen molar-refractivity contribution in [3.63, 3.8) is 0 Å². The van der Waals surface area contributed by atoms with Gasteiger partial charge in [0.2, 0.25) is 5.12 Å². The van der Waals surface area contributed by atoms with Crippen LogP contribution < -0.4 is 5.32 Å². The maximum atomic E-state index is 10.9. The molecular weight excluding hydrogens is 134 g/mol. The summed E-state index contributed by atoms with van der Waals surface area (Å²) < 4.78 is 0. The fraction of sp³-hybridized carbons (Fsp3) is 0.833. The molecule has 1 unspecified atom stereocenters. The van der Waals surface area contributed by atoms with Crippen LogP contribution in [0.15, 0.2) is 0 Å². The zero-order valence-corrected chi connectivity index (χ0v) is 6.33. The highest BCUT2D eigenvalue weighted by Crippen LogP contribution is 2.18. The van der Waals surface area contributed by atoms with Crippen LogP contribution in [0, 0.1) is 0 Å². The first-order valence-electron chi connectivity index (χ1n) is 3.24. The molecule has 1 N–H and O–H groups in total. The third-order valence-electron chi connectivity index (χ3n) is 1.39. The Bertz CT molecular complexity index is 116. The summed E-state index contributed by atoms with van der Waals surface area (Å²) in [5, 5.41) is 3.44. The molecular formula is C6H11NOS. The molecule has 1 aliphatic rings. The first-order valence-corrected chi connectivity index (χ1v) is 4.23.